The van der Waals surface area contributed by atoms with Gasteiger partial charge >= 0.3 is 0 Å². The topological polar surface area (TPSA) is 76.7 Å². The maximum Gasteiger partial charge on any atom is 0.255 e. The molecule has 3 aromatic rings. The molecule has 0 radical (unpaired) electrons. The van der Waals surface area contributed by atoms with Gasteiger partial charge in [-0.15, -0.1) is 11.8 Å². The van der Waals surface area contributed by atoms with Crippen LogP contribution in [0.25, 0.3) is 0 Å². The second-order valence-electron chi connectivity index (χ2n) is 7.18. The SMILES string of the molecule is COc1cc(NC(=O)c2ccccc2)c(OC)cc1NC(=O)CSc1cc(C)ccc1C. The highest BCUT2D eigenvalue weighted by molar-refractivity contribution is 8.00. The summed E-state index contributed by atoms with van der Waals surface area (Å²) >= 11 is 1.48. The van der Waals surface area contributed by atoms with Gasteiger partial charge in [-0.3, -0.25) is 9.59 Å². The van der Waals surface area contributed by atoms with E-state index >= 15 is 0 Å². The Hall–Kier alpha value is -3.45. The molecule has 0 unspecified atom stereocenters. The molecule has 0 bridgehead atoms. The molecule has 0 spiro atoms. The van der Waals surface area contributed by atoms with E-state index in [4.69, 9.17) is 9.47 Å². The molecule has 6 nitrogen and oxygen atoms in total. The number of thioether (sulfide) groups is 1. The van der Waals surface area contributed by atoms with Gasteiger partial charge in [-0.05, 0) is 37.6 Å². The Labute approximate surface area is 192 Å². The summed E-state index contributed by atoms with van der Waals surface area (Å²) in [5, 5.41) is 5.71. The fourth-order valence-corrected chi connectivity index (χ4v) is 3.99. The first-order valence-corrected chi connectivity index (χ1v) is 11.0. The first-order valence-electron chi connectivity index (χ1n) is 10.0. The lowest BCUT2D eigenvalue weighted by molar-refractivity contribution is -0.113. The van der Waals surface area contributed by atoms with E-state index in [1.54, 1.807) is 36.4 Å². The summed E-state index contributed by atoms with van der Waals surface area (Å²) in [4.78, 5) is 26.2. The number of rotatable bonds is 8. The number of anilines is 2. The third-order valence-corrected chi connectivity index (χ3v) is 5.94. The summed E-state index contributed by atoms with van der Waals surface area (Å²) in [5.41, 5.74) is 3.72. The monoisotopic (exact) mass is 450 g/mol. The highest BCUT2D eigenvalue weighted by Gasteiger charge is 2.16. The zero-order valence-corrected chi connectivity index (χ0v) is 19.3. The highest BCUT2D eigenvalue weighted by Crippen LogP contribution is 2.37. The second kappa shape index (κ2) is 10.7. The number of carbonyl (C=O) groups is 2. The molecule has 0 heterocycles. The van der Waals surface area contributed by atoms with Crippen LogP contribution in [0.5, 0.6) is 11.5 Å². The smallest absolute Gasteiger partial charge is 0.255 e. The van der Waals surface area contributed by atoms with Gasteiger partial charge in [0.2, 0.25) is 5.91 Å². The molecule has 7 heteroatoms. The molecular formula is C25H26N2O4S. The van der Waals surface area contributed by atoms with Crippen molar-refractivity contribution in [2.75, 3.05) is 30.6 Å². The van der Waals surface area contributed by atoms with Crippen molar-refractivity contribution < 1.29 is 19.1 Å². The lowest BCUT2D eigenvalue weighted by atomic mass is 10.2. The van der Waals surface area contributed by atoms with E-state index in [1.165, 1.54) is 26.0 Å². The first kappa shape index (κ1) is 23.2. The summed E-state index contributed by atoms with van der Waals surface area (Å²) in [6.45, 7) is 4.05. The molecule has 0 atom stereocenters. The van der Waals surface area contributed by atoms with Crippen LogP contribution in [0.4, 0.5) is 11.4 Å². The minimum Gasteiger partial charge on any atom is -0.494 e. The number of aryl methyl sites for hydroxylation is 2. The molecule has 2 N–H and O–H groups in total. The number of hydrogen-bond donors (Lipinski definition) is 2. The summed E-state index contributed by atoms with van der Waals surface area (Å²) < 4.78 is 10.9. The molecule has 0 aliphatic rings. The van der Waals surface area contributed by atoms with Gasteiger partial charge < -0.3 is 20.1 Å². The van der Waals surface area contributed by atoms with Gasteiger partial charge in [0.05, 0.1) is 31.3 Å². The minimum absolute atomic E-state index is 0.169. The van der Waals surface area contributed by atoms with Crippen molar-refractivity contribution in [2.24, 2.45) is 0 Å². The van der Waals surface area contributed by atoms with Crippen molar-refractivity contribution in [1.82, 2.24) is 0 Å². The fourth-order valence-electron chi connectivity index (χ4n) is 3.07. The average molecular weight is 451 g/mol. The van der Waals surface area contributed by atoms with Crippen LogP contribution >= 0.6 is 11.8 Å². The van der Waals surface area contributed by atoms with Crippen LogP contribution in [0.2, 0.25) is 0 Å². The van der Waals surface area contributed by atoms with Gasteiger partial charge in [-0.1, -0.05) is 35.9 Å². The van der Waals surface area contributed by atoms with E-state index in [-0.39, 0.29) is 17.6 Å². The Morgan fingerprint density at radius 1 is 0.844 bits per heavy atom. The van der Waals surface area contributed by atoms with Gasteiger partial charge in [-0.2, -0.15) is 0 Å². The molecule has 0 fully saturated rings. The molecular weight excluding hydrogens is 424 g/mol. The second-order valence-corrected chi connectivity index (χ2v) is 8.20. The standard InChI is InChI=1S/C25H26N2O4S/c1-16-10-11-17(2)23(12-16)32-15-24(28)26-19-13-22(31-4)20(14-21(19)30-3)27-25(29)18-8-6-5-7-9-18/h5-14H,15H2,1-4H3,(H,26,28)(H,27,29). The summed E-state index contributed by atoms with van der Waals surface area (Å²) in [5.74, 6) is 0.638. The normalized spacial score (nSPS) is 10.4. The predicted molar refractivity (Wildman–Crippen MR) is 129 cm³/mol. The molecule has 0 aliphatic heterocycles. The van der Waals surface area contributed by atoms with E-state index in [9.17, 15) is 9.59 Å². The van der Waals surface area contributed by atoms with Crippen molar-refractivity contribution in [2.45, 2.75) is 18.7 Å². The third-order valence-electron chi connectivity index (χ3n) is 4.78. The molecule has 3 aromatic carbocycles. The molecule has 166 valence electrons. The molecule has 0 aliphatic carbocycles. The lowest BCUT2D eigenvalue weighted by Gasteiger charge is -2.16. The van der Waals surface area contributed by atoms with Crippen molar-refractivity contribution in [3.8, 4) is 11.5 Å². The summed E-state index contributed by atoms with van der Waals surface area (Å²) in [7, 11) is 3.01. The Morgan fingerprint density at radius 2 is 1.47 bits per heavy atom. The number of carbonyl (C=O) groups excluding carboxylic acids is 2. The molecule has 32 heavy (non-hydrogen) atoms. The maximum atomic E-state index is 12.6. The third kappa shape index (κ3) is 5.82. The number of hydrogen-bond acceptors (Lipinski definition) is 5. The summed E-state index contributed by atoms with van der Waals surface area (Å²) in [6, 6.07) is 18.3. The zero-order chi connectivity index (χ0) is 23.1. The predicted octanol–water partition coefficient (Wildman–Crippen LogP) is 5.30. The first-order chi connectivity index (χ1) is 15.4. The number of ether oxygens (including phenoxy) is 2. The van der Waals surface area contributed by atoms with E-state index < -0.39 is 0 Å². The Kier molecular flexibility index (Phi) is 7.78. The van der Waals surface area contributed by atoms with E-state index in [0.717, 1.165) is 16.0 Å². The van der Waals surface area contributed by atoms with E-state index in [0.29, 0.717) is 28.4 Å². The van der Waals surface area contributed by atoms with Crippen LogP contribution in [0.15, 0.2) is 65.6 Å². The van der Waals surface area contributed by atoms with Gasteiger partial charge in [0.1, 0.15) is 11.5 Å². The molecule has 3 rings (SSSR count). The highest BCUT2D eigenvalue weighted by atomic mass is 32.2. The molecule has 2 amide bonds. The van der Waals surface area contributed by atoms with Crippen LogP contribution in [-0.4, -0.2) is 31.8 Å². The summed E-state index contributed by atoms with van der Waals surface area (Å²) in [6.07, 6.45) is 0. The maximum absolute atomic E-state index is 12.6. The number of amides is 2. The fraction of sp³-hybridized carbons (Fsp3) is 0.200. The van der Waals surface area contributed by atoms with Crippen LogP contribution < -0.4 is 20.1 Å². The molecule has 0 saturated carbocycles. The van der Waals surface area contributed by atoms with Gasteiger partial charge in [-0.25, -0.2) is 0 Å². The zero-order valence-electron chi connectivity index (χ0n) is 18.5. The quantitative estimate of drug-likeness (QED) is 0.455. The number of benzene rings is 3. The number of nitrogens with one attached hydrogen (secondary N) is 2. The molecule has 0 saturated heterocycles. The molecule has 0 aromatic heterocycles. The van der Waals surface area contributed by atoms with Gasteiger partial charge in [0.25, 0.3) is 5.91 Å². The van der Waals surface area contributed by atoms with Crippen LogP contribution in [-0.2, 0) is 4.79 Å². The minimum atomic E-state index is -0.271. The van der Waals surface area contributed by atoms with E-state index in [2.05, 4.69) is 22.8 Å². The Morgan fingerprint density at radius 3 is 2.09 bits per heavy atom. The van der Waals surface area contributed by atoms with Crippen LogP contribution in [0.3, 0.4) is 0 Å². The Balaban J connectivity index is 1.74. The van der Waals surface area contributed by atoms with Crippen LogP contribution in [0.1, 0.15) is 21.5 Å². The van der Waals surface area contributed by atoms with Crippen molar-refractivity contribution in [1.29, 1.82) is 0 Å². The van der Waals surface area contributed by atoms with E-state index in [1.807, 2.05) is 26.0 Å². The van der Waals surface area contributed by atoms with Crippen molar-refractivity contribution in [3.63, 3.8) is 0 Å². The largest absolute Gasteiger partial charge is 0.494 e. The average Bonchev–Trinajstić information content (AvgIpc) is 2.80. The van der Waals surface area contributed by atoms with Crippen LogP contribution in [0, 0.1) is 13.8 Å². The number of methoxy groups -OCH3 is 2. The van der Waals surface area contributed by atoms with Gasteiger partial charge in [0, 0.05) is 22.6 Å². The van der Waals surface area contributed by atoms with Crippen molar-refractivity contribution in [3.05, 3.63) is 77.4 Å². The lowest BCUT2D eigenvalue weighted by Crippen LogP contribution is -2.16. The van der Waals surface area contributed by atoms with Crippen molar-refractivity contribution >= 4 is 35.0 Å². The van der Waals surface area contributed by atoms with Gasteiger partial charge in [0.15, 0.2) is 0 Å². The Bertz CT molecular complexity index is 1120.